The molecular weight excluding hydrogens is 239 g/mol. The number of nitrogens with zero attached hydrogens (tertiary/aromatic N) is 1. The highest BCUT2D eigenvalue weighted by Gasteiger charge is 2.26. The lowest BCUT2D eigenvalue weighted by molar-refractivity contribution is 0.268. The van der Waals surface area contributed by atoms with Gasteiger partial charge in [-0.2, -0.15) is 0 Å². The molecule has 1 aliphatic rings. The van der Waals surface area contributed by atoms with Crippen molar-refractivity contribution >= 4 is 0 Å². The van der Waals surface area contributed by atoms with E-state index in [0.717, 1.165) is 19.4 Å². The lowest BCUT2D eigenvalue weighted by Gasteiger charge is -2.29. The Hall–Kier alpha value is -0.930. The minimum Gasteiger partial charge on any atom is -0.308 e. The van der Waals surface area contributed by atoms with Crippen molar-refractivity contribution < 1.29 is 4.39 Å². The van der Waals surface area contributed by atoms with Crippen LogP contribution in [0, 0.1) is 11.7 Å². The van der Waals surface area contributed by atoms with Crippen LogP contribution in [-0.2, 0) is 6.42 Å². The number of hydrogen-bond donors (Lipinski definition) is 1. The van der Waals surface area contributed by atoms with E-state index >= 15 is 0 Å². The second-order valence-electron chi connectivity index (χ2n) is 6.21. The molecule has 0 fully saturated rings. The van der Waals surface area contributed by atoms with E-state index in [1.807, 2.05) is 6.07 Å². The van der Waals surface area contributed by atoms with E-state index in [2.05, 4.69) is 38.2 Å². The van der Waals surface area contributed by atoms with Gasteiger partial charge in [0.2, 0.25) is 0 Å². The summed E-state index contributed by atoms with van der Waals surface area (Å²) in [5.74, 6) is 0.472. The zero-order valence-electron chi connectivity index (χ0n) is 12.4. The summed E-state index contributed by atoms with van der Waals surface area (Å²) in [5, 5.41) is 3.76. The molecule has 106 valence electrons. The fourth-order valence-electron chi connectivity index (χ4n) is 2.87. The second-order valence-corrected chi connectivity index (χ2v) is 6.21. The lowest BCUT2D eigenvalue weighted by atomic mass is 10.0. The Kier molecular flexibility index (Phi) is 4.58. The predicted octanol–water partition coefficient (Wildman–Crippen LogP) is 2.99. The third-order valence-corrected chi connectivity index (χ3v) is 3.96. The average Bonchev–Trinajstić information content (AvgIpc) is 2.70. The molecule has 0 heterocycles. The van der Waals surface area contributed by atoms with Gasteiger partial charge in [0, 0.05) is 18.6 Å². The van der Waals surface area contributed by atoms with Crippen LogP contribution in [0.1, 0.15) is 37.4 Å². The molecule has 2 unspecified atom stereocenters. The molecule has 0 spiro atoms. The smallest absolute Gasteiger partial charge is 0.123 e. The number of benzene rings is 1. The minimum atomic E-state index is -0.117. The SMILES string of the molecule is CC(C)C(CN(C)C)NC1CCc2cc(F)ccc21. The summed E-state index contributed by atoms with van der Waals surface area (Å²) in [4.78, 5) is 2.22. The van der Waals surface area contributed by atoms with Gasteiger partial charge >= 0.3 is 0 Å². The van der Waals surface area contributed by atoms with E-state index in [1.165, 1.54) is 11.1 Å². The van der Waals surface area contributed by atoms with E-state index in [0.29, 0.717) is 18.0 Å². The van der Waals surface area contributed by atoms with Gasteiger partial charge in [0.15, 0.2) is 0 Å². The topological polar surface area (TPSA) is 15.3 Å². The Bertz CT molecular complexity index is 429. The fourth-order valence-corrected chi connectivity index (χ4v) is 2.87. The molecule has 1 aliphatic carbocycles. The van der Waals surface area contributed by atoms with Crippen molar-refractivity contribution in [2.24, 2.45) is 5.92 Å². The molecule has 0 bridgehead atoms. The molecule has 0 saturated heterocycles. The first kappa shape index (κ1) is 14.5. The maximum atomic E-state index is 13.2. The van der Waals surface area contributed by atoms with E-state index in [9.17, 15) is 4.39 Å². The molecular formula is C16H25FN2. The molecule has 0 radical (unpaired) electrons. The summed E-state index contributed by atoms with van der Waals surface area (Å²) in [6.07, 6.45) is 2.06. The normalized spacial score (nSPS) is 20.1. The van der Waals surface area contributed by atoms with Crippen LogP contribution in [0.15, 0.2) is 18.2 Å². The molecule has 0 aliphatic heterocycles. The lowest BCUT2D eigenvalue weighted by Crippen LogP contribution is -2.43. The van der Waals surface area contributed by atoms with Crippen molar-refractivity contribution in [2.75, 3.05) is 20.6 Å². The fraction of sp³-hybridized carbons (Fsp3) is 0.625. The van der Waals surface area contributed by atoms with Crippen molar-refractivity contribution in [3.63, 3.8) is 0 Å². The van der Waals surface area contributed by atoms with Crippen molar-refractivity contribution in [1.29, 1.82) is 0 Å². The van der Waals surface area contributed by atoms with Crippen molar-refractivity contribution in [3.05, 3.63) is 35.1 Å². The summed E-state index contributed by atoms with van der Waals surface area (Å²) < 4.78 is 13.2. The average molecular weight is 264 g/mol. The van der Waals surface area contributed by atoms with Gasteiger partial charge in [-0.1, -0.05) is 19.9 Å². The van der Waals surface area contributed by atoms with Gasteiger partial charge in [-0.3, -0.25) is 0 Å². The number of hydrogen-bond acceptors (Lipinski definition) is 2. The highest BCUT2D eigenvalue weighted by molar-refractivity contribution is 5.35. The van der Waals surface area contributed by atoms with Crippen LogP contribution in [0.2, 0.25) is 0 Å². The van der Waals surface area contributed by atoms with E-state index in [-0.39, 0.29) is 5.82 Å². The molecule has 19 heavy (non-hydrogen) atoms. The van der Waals surface area contributed by atoms with E-state index in [4.69, 9.17) is 0 Å². The Labute approximate surface area is 116 Å². The van der Waals surface area contributed by atoms with Crippen molar-refractivity contribution in [3.8, 4) is 0 Å². The summed E-state index contributed by atoms with van der Waals surface area (Å²) in [7, 11) is 4.21. The number of halogens is 1. The van der Waals surface area contributed by atoms with Gasteiger partial charge < -0.3 is 10.2 Å². The highest BCUT2D eigenvalue weighted by atomic mass is 19.1. The molecule has 1 aromatic carbocycles. The largest absolute Gasteiger partial charge is 0.308 e. The maximum absolute atomic E-state index is 13.2. The molecule has 2 rings (SSSR count). The van der Waals surface area contributed by atoms with Gasteiger partial charge in [0.1, 0.15) is 5.82 Å². The van der Waals surface area contributed by atoms with Crippen LogP contribution in [-0.4, -0.2) is 31.6 Å². The van der Waals surface area contributed by atoms with Crippen LogP contribution in [0.5, 0.6) is 0 Å². The van der Waals surface area contributed by atoms with Crippen LogP contribution in [0.25, 0.3) is 0 Å². The summed E-state index contributed by atoms with van der Waals surface area (Å²) in [5.41, 5.74) is 2.45. The third kappa shape index (κ3) is 3.54. The second kappa shape index (κ2) is 6.02. The monoisotopic (exact) mass is 264 g/mol. The maximum Gasteiger partial charge on any atom is 0.123 e. The van der Waals surface area contributed by atoms with Gasteiger partial charge in [0.05, 0.1) is 0 Å². The quantitative estimate of drug-likeness (QED) is 0.879. The first-order chi connectivity index (χ1) is 8.97. The summed E-state index contributed by atoms with van der Waals surface area (Å²) in [6, 6.07) is 6.06. The molecule has 0 amide bonds. The minimum absolute atomic E-state index is 0.117. The molecule has 1 N–H and O–H groups in total. The van der Waals surface area contributed by atoms with Crippen LogP contribution in [0.3, 0.4) is 0 Å². The molecule has 2 nitrogen and oxygen atoms in total. The Morgan fingerprint density at radius 1 is 1.37 bits per heavy atom. The predicted molar refractivity (Wildman–Crippen MR) is 77.8 cm³/mol. The molecule has 1 aromatic rings. The van der Waals surface area contributed by atoms with E-state index < -0.39 is 0 Å². The third-order valence-electron chi connectivity index (χ3n) is 3.96. The Morgan fingerprint density at radius 2 is 2.11 bits per heavy atom. The number of rotatable bonds is 5. The highest BCUT2D eigenvalue weighted by Crippen LogP contribution is 2.32. The molecule has 0 aromatic heterocycles. The van der Waals surface area contributed by atoms with E-state index in [1.54, 1.807) is 12.1 Å². The van der Waals surface area contributed by atoms with Crippen LogP contribution >= 0.6 is 0 Å². The first-order valence-corrected chi connectivity index (χ1v) is 7.16. The molecule has 2 atom stereocenters. The van der Waals surface area contributed by atoms with Crippen molar-refractivity contribution in [2.45, 2.75) is 38.8 Å². The summed E-state index contributed by atoms with van der Waals surface area (Å²) in [6.45, 7) is 5.54. The zero-order chi connectivity index (χ0) is 14.0. The molecule has 0 saturated carbocycles. The number of aryl methyl sites for hydroxylation is 1. The number of nitrogens with one attached hydrogen (secondary N) is 1. The number of likely N-dealkylation sites (N-methyl/N-ethyl adjacent to an activating group) is 1. The van der Waals surface area contributed by atoms with Gasteiger partial charge in [-0.25, -0.2) is 4.39 Å². The van der Waals surface area contributed by atoms with Crippen molar-refractivity contribution in [1.82, 2.24) is 10.2 Å². The van der Waals surface area contributed by atoms with Gasteiger partial charge in [-0.05, 0) is 56.1 Å². The van der Waals surface area contributed by atoms with Gasteiger partial charge in [0.25, 0.3) is 0 Å². The standard InChI is InChI=1S/C16H25FN2/c1-11(2)16(10-19(3)4)18-15-8-5-12-9-13(17)6-7-14(12)15/h6-7,9,11,15-16,18H,5,8,10H2,1-4H3. The first-order valence-electron chi connectivity index (χ1n) is 7.16. The van der Waals surface area contributed by atoms with Gasteiger partial charge in [-0.15, -0.1) is 0 Å². The van der Waals surface area contributed by atoms with Crippen LogP contribution < -0.4 is 5.32 Å². The Morgan fingerprint density at radius 3 is 2.74 bits per heavy atom. The Balaban J connectivity index is 2.08. The summed E-state index contributed by atoms with van der Waals surface area (Å²) >= 11 is 0. The van der Waals surface area contributed by atoms with Crippen LogP contribution in [0.4, 0.5) is 4.39 Å². The number of fused-ring (bicyclic) bond motifs is 1. The molecule has 3 heteroatoms. The zero-order valence-corrected chi connectivity index (χ0v) is 12.4.